The van der Waals surface area contributed by atoms with Gasteiger partial charge in [0.1, 0.15) is 0 Å². The third-order valence-electron chi connectivity index (χ3n) is 3.36. The molecule has 1 N–H and O–H groups in total. The second-order valence-electron chi connectivity index (χ2n) is 4.70. The van der Waals surface area contributed by atoms with Gasteiger partial charge < -0.3 is 10.2 Å². The van der Waals surface area contributed by atoms with Gasteiger partial charge >= 0.3 is 0 Å². The molecule has 1 aromatic rings. The Labute approximate surface area is 111 Å². The zero-order valence-corrected chi connectivity index (χ0v) is 12.3. The van der Waals surface area contributed by atoms with Crippen LogP contribution in [-0.2, 0) is 13.6 Å². The molecule has 0 unspecified atom stereocenters. The number of nitrogens with one attached hydrogen (secondary N) is 1. The summed E-state index contributed by atoms with van der Waals surface area (Å²) in [6, 6.07) is 0. The van der Waals surface area contributed by atoms with E-state index in [9.17, 15) is 0 Å². The highest BCUT2D eigenvalue weighted by Gasteiger charge is 2.12. The largest absolute Gasteiger partial charge is 0.310 e. The van der Waals surface area contributed by atoms with Crippen LogP contribution in [0.1, 0.15) is 24.2 Å². The zero-order chi connectivity index (χ0) is 12.3. The summed E-state index contributed by atoms with van der Waals surface area (Å²) in [5.74, 6) is 0. The predicted molar refractivity (Wildman–Crippen MR) is 73.0 cm³/mol. The molecule has 0 saturated carbocycles. The van der Waals surface area contributed by atoms with Crippen molar-refractivity contribution in [3.05, 3.63) is 15.9 Å². The maximum atomic E-state index is 4.39. The van der Waals surface area contributed by atoms with Crippen molar-refractivity contribution in [2.45, 2.75) is 26.3 Å². The SMILES string of the molecule is Cc1nn(C)c(CNCCN2CCCC2)c1Br. The molecule has 0 spiro atoms. The first-order chi connectivity index (χ1) is 8.18. The van der Waals surface area contributed by atoms with Gasteiger partial charge in [-0.3, -0.25) is 4.68 Å². The summed E-state index contributed by atoms with van der Waals surface area (Å²) in [5.41, 5.74) is 2.28. The van der Waals surface area contributed by atoms with Gasteiger partial charge in [0.25, 0.3) is 0 Å². The van der Waals surface area contributed by atoms with E-state index in [-0.39, 0.29) is 0 Å². The molecule has 0 aromatic carbocycles. The Morgan fingerprint density at radius 3 is 2.65 bits per heavy atom. The topological polar surface area (TPSA) is 33.1 Å². The van der Waals surface area contributed by atoms with Crippen LogP contribution in [0.3, 0.4) is 0 Å². The number of hydrogen-bond donors (Lipinski definition) is 1. The van der Waals surface area contributed by atoms with Crippen LogP contribution in [0.2, 0.25) is 0 Å². The van der Waals surface area contributed by atoms with Crippen molar-refractivity contribution in [1.29, 1.82) is 0 Å². The number of likely N-dealkylation sites (tertiary alicyclic amines) is 1. The number of rotatable bonds is 5. The maximum absolute atomic E-state index is 4.39. The summed E-state index contributed by atoms with van der Waals surface area (Å²) in [6.45, 7) is 7.67. The first-order valence-electron chi connectivity index (χ1n) is 6.29. The molecule has 4 nitrogen and oxygen atoms in total. The number of aryl methyl sites for hydroxylation is 2. The van der Waals surface area contributed by atoms with Crippen LogP contribution in [0.15, 0.2) is 4.47 Å². The van der Waals surface area contributed by atoms with Gasteiger partial charge in [0.15, 0.2) is 0 Å². The van der Waals surface area contributed by atoms with Crippen molar-refractivity contribution >= 4 is 15.9 Å². The normalized spacial score (nSPS) is 16.9. The Morgan fingerprint density at radius 2 is 2.06 bits per heavy atom. The zero-order valence-electron chi connectivity index (χ0n) is 10.7. The van der Waals surface area contributed by atoms with Crippen LogP contribution < -0.4 is 5.32 Å². The van der Waals surface area contributed by atoms with Gasteiger partial charge in [-0.15, -0.1) is 0 Å². The molecule has 1 fully saturated rings. The predicted octanol–water partition coefficient (Wildman–Crippen LogP) is 1.68. The van der Waals surface area contributed by atoms with Crippen molar-refractivity contribution in [2.75, 3.05) is 26.2 Å². The van der Waals surface area contributed by atoms with E-state index in [1.165, 1.54) is 31.6 Å². The first-order valence-corrected chi connectivity index (χ1v) is 7.09. The summed E-state index contributed by atoms with van der Waals surface area (Å²) >= 11 is 3.59. The molecule has 0 aliphatic carbocycles. The third-order valence-corrected chi connectivity index (χ3v) is 4.39. The molecule has 0 atom stereocenters. The number of nitrogens with zero attached hydrogens (tertiary/aromatic N) is 3. The van der Waals surface area contributed by atoms with Gasteiger partial charge in [-0.05, 0) is 48.8 Å². The molecule has 96 valence electrons. The molecule has 5 heteroatoms. The minimum atomic E-state index is 0.881. The number of hydrogen-bond acceptors (Lipinski definition) is 3. The van der Waals surface area contributed by atoms with Crippen molar-refractivity contribution in [3.63, 3.8) is 0 Å². The molecule has 2 heterocycles. The Hall–Kier alpha value is -0.390. The van der Waals surface area contributed by atoms with E-state index in [0.29, 0.717) is 0 Å². The standard InChI is InChI=1S/C12H21BrN4/c1-10-12(13)11(16(2)15-10)9-14-5-8-17-6-3-4-7-17/h14H,3-9H2,1-2H3. The van der Waals surface area contributed by atoms with E-state index in [1.54, 1.807) is 0 Å². The summed E-state index contributed by atoms with van der Waals surface area (Å²) < 4.78 is 3.08. The van der Waals surface area contributed by atoms with E-state index in [4.69, 9.17) is 0 Å². The molecule has 1 saturated heterocycles. The monoisotopic (exact) mass is 300 g/mol. The molecule has 0 amide bonds. The molecule has 1 aliphatic rings. The molecular formula is C12H21BrN4. The molecule has 2 rings (SSSR count). The van der Waals surface area contributed by atoms with Crippen molar-refractivity contribution in [3.8, 4) is 0 Å². The van der Waals surface area contributed by atoms with Crippen molar-refractivity contribution < 1.29 is 0 Å². The molecule has 0 bridgehead atoms. The Balaban J connectivity index is 1.74. The maximum Gasteiger partial charge on any atom is 0.0739 e. The lowest BCUT2D eigenvalue weighted by molar-refractivity contribution is 0.335. The molecule has 1 aliphatic heterocycles. The smallest absolute Gasteiger partial charge is 0.0739 e. The fourth-order valence-corrected chi connectivity index (χ4v) is 2.80. The number of aromatic nitrogens is 2. The fourth-order valence-electron chi connectivity index (χ4n) is 2.32. The number of halogens is 1. The van der Waals surface area contributed by atoms with Gasteiger partial charge in [-0.2, -0.15) is 5.10 Å². The minimum absolute atomic E-state index is 0.881. The van der Waals surface area contributed by atoms with Crippen LogP contribution in [0.25, 0.3) is 0 Å². The average Bonchev–Trinajstić information content (AvgIpc) is 2.87. The van der Waals surface area contributed by atoms with Gasteiger partial charge in [0.05, 0.1) is 15.9 Å². The highest BCUT2D eigenvalue weighted by atomic mass is 79.9. The summed E-state index contributed by atoms with van der Waals surface area (Å²) in [5, 5.41) is 7.88. The van der Waals surface area contributed by atoms with Gasteiger partial charge in [-0.25, -0.2) is 0 Å². The highest BCUT2D eigenvalue weighted by molar-refractivity contribution is 9.10. The Bertz CT molecular complexity index is 369. The average molecular weight is 301 g/mol. The Morgan fingerprint density at radius 1 is 1.35 bits per heavy atom. The Kier molecular flexibility index (Phi) is 4.59. The van der Waals surface area contributed by atoms with Crippen LogP contribution in [0, 0.1) is 6.92 Å². The van der Waals surface area contributed by atoms with E-state index in [1.807, 2.05) is 18.7 Å². The quantitative estimate of drug-likeness (QED) is 0.840. The van der Waals surface area contributed by atoms with Crippen LogP contribution in [-0.4, -0.2) is 40.9 Å². The van der Waals surface area contributed by atoms with Crippen molar-refractivity contribution in [1.82, 2.24) is 20.0 Å². The van der Waals surface area contributed by atoms with Gasteiger partial charge in [-0.1, -0.05) is 0 Å². The van der Waals surface area contributed by atoms with Crippen LogP contribution in [0.5, 0.6) is 0 Å². The third kappa shape index (κ3) is 3.30. The lowest BCUT2D eigenvalue weighted by Gasteiger charge is -2.14. The van der Waals surface area contributed by atoms with Gasteiger partial charge in [0, 0.05) is 26.7 Å². The minimum Gasteiger partial charge on any atom is -0.310 e. The second-order valence-corrected chi connectivity index (χ2v) is 5.49. The van der Waals surface area contributed by atoms with Gasteiger partial charge in [0.2, 0.25) is 0 Å². The molecule has 17 heavy (non-hydrogen) atoms. The summed E-state index contributed by atoms with van der Waals surface area (Å²) in [4.78, 5) is 2.52. The summed E-state index contributed by atoms with van der Waals surface area (Å²) in [6.07, 6.45) is 2.74. The summed E-state index contributed by atoms with van der Waals surface area (Å²) in [7, 11) is 2.00. The lowest BCUT2D eigenvalue weighted by atomic mass is 10.3. The first kappa shape index (κ1) is 13.1. The van der Waals surface area contributed by atoms with E-state index in [0.717, 1.165) is 29.8 Å². The lowest BCUT2D eigenvalue weighted by Crippen LogP contribution is -2.30. The second kappa shape index (κ2) is 5.98. The fraction of sp³-hybridized carbons (Fsp3) is 0.750. The van der Waals surface area contributed by atoms with E-state index in [2.05, 4.69) is 31.2 Å². The highest BCUT2D eigenvalue weighted by Crippen LogP contribution is 2.19. The molecular weight excluding hydrogens is 280 g/mol. The van der Waals surface area contributed by atoms with Crippen molar-refractivity contribution in [2.24, 2.45) is 7.05 Å². The van der Waals surface area contributed by atoms with E-state index >= 15 is 0 Å². The molecule has 0 radical (unpaired) electrons. The van der Waals surface area contributed by atoms with E-state index < -0.39 is 0 Å². The molecule has 1 aromatic heterocycles. The van der Waals surface area contributed by atoms with Crippen LogP contribution in [0.4, 0.5) is 0 Å². The van der Waals surface area contributed by atoms with Crippen LogP contribution >= 0.6 is 15.9 Å².